The van der Waals surface area contributed by atoms with Crippen molar-refractivity contribution in [1.82, 2.24) is 5.32 Å². The van der Waals surface area contributed by atoms with Crippen molar-refractivity contribution in [3.05, 3.63) is 0 Å². The average molecular weight is 157 g/mol. The molecule has 0 saturated carbocycles. The standard InChI is InChI=1S/C9H19NO/c1-2-6-10-9-4-3-7-11-8-5-9/h9-10H,2-8H2,1H3. The maximum absolute atomic E-state index is 5.36. The van der Waals surface area contributed by atoms with Crippen LogP contribution < -0.4 is 5.32 Å². The molecule has 1 saturated heterocycles. The summed E-state index contributed by atoms with van der Waals surface area (Å²) in [6.45, 7) is 5.27. The van der Waals surface area contributed by atoms with Gasteiger partial charge >= 0.3 is 0 Å². The zero-order valence-electron chi connectivity index (χ0n) is 7.44. The predicted molar refractivity (Wildman–Crippen MR) is 46.8 cm³/mol. The average Bonchev–Trinajstić information content (AvgIpc) is 2.28. The van der Waals surface area contributed by atoms with Crippen molar-refractivity contribution in [2.45, 2.75) is 38.6 Å². The Morgan fingerprint density at radius 2 is 2.27 bits per heavy atom. The second-order valence-corrected chi connectivity index (χ2v) is 3.19. The number of nitrogens with one attached hydrogen (secondary N) is 1. The molecule has 1 rings (SSSR count). The highest BCUT2D eigenvalue weighted by Crippen LogP contribution is 2.07. The Morgan fingerprint density at radius 1 is 1.36 bits per heavy atom. The normalized spacial score (nSPS) is 26.5. The summed E-state index contributed by atoms with van der Waals surface area (Å²) in [5, 5.41) is 3.53. The third kappa shape index (κ3) is 3.73. The third-order valence-corrected chi connectivity index (χ3v) is 2.13. The van der Waals surface area contributed by atoms with Gasteiger partial charge in [0.2, 0.25) is 0 Å². The summed E-state index contributed by atoms with van der Waals surface area (Å²) in [6, 6.07) is 0.720. The first-order chi connectivity index (χ1) is 5.43. The van der Waals surface area contributed by atoms with Crippen molar-refractivity contribution in [1.29, 1.82) is 0 Å². The summed E-state index contributed by atoms with van der Waals surface area (Å²) in [5.74, 6) is 0. The molecule has 1 aliphatic heterocycles. The maximum atomic E-state index is 5.36. The SMILES string of the molecule is CCCNC1CCCOCC1. The molecule has 1 atom stereocenters. The Kier molecular flexibility index (Phi) is 4.55. The molecule has 2 nitrogen and oxygen atoms in total. The van der Waals surface area contributed by atoms with Crippen molar-refractivity contribution in [2.24, 2.45) is 0 Å². The molecule has 0 bridgehead atoms. The number of rotatable bonds is 3. The fraction of sp³-hybridized carbons (Fsp3) is 1.00. The maximum Gasteiger partial charge on any atom is 0.0480 e. The highest BCUT2D eigenvalue weighted by atomic mass is 16.5. The zero-order valence-corrected chi connectivity index (χ0v) is 7.44. The molecule has 0 aliphatic carbocycles. The Hall–Kier alpha value is -0.0800. The van der Waals surface area contributed by atoms with Gasteiger partial charge in [-0.15, -0.1) is 0 Å². The molecule has 1 unspecified atom stereocenters. The van der Waals surface area contributed by atoms with Gasteiger partial charge in [0.1, 0.15) is 0 Å². The lowest BCUT2D eigenvalue weighted by molar-refractivity contribution is 0.142. The van der Waals surface area contributed by atoms with Gasteiger partial charge in [-0.05, 0) is 32.2 Å². The predicted octanol–water partition coefficient (Wildman–Crippen LogP) is 1.56. The summed E-state index contributed by atoms with van der Waals surface area (Å²) in [6.07, 6.45) is 4.94. The summed E-state index contributed by atoms with van der Waals surface area (Å²) in [7, 11) is 0. The van der Waals surface area contributed by atoms with Crippen molar-refractivity contribution < 1.29 is 4.74 Å². The van der Waals surface area contributed by atoms with Crippen LogP contribution in [0.1, 0.15) is 32.6 Å². The van der Waals surface area contributed by atoms with Gasteiger partial charge in [0.25, 0.3) is 0 Å². The first kappa shape index (κ1) is 9.01. The molecule has 1 heterocycles. The quantitative estimate of drug-likeness (QED) is 0.671. The van der Waals surface area contributed by atoms with Crippen LogP contribution in [0.25, 0.3) is 0 Å². The van der Waals surface area contributed by atoms with Crippen LogP contribution in [0.2, 0.25) is 0 Å². The lowest BCUT2D eigenvalue weighted by Crippen LogP contribution is -2.29. The molecule has 1 aliphatic rings. The summed E-state index contributed by atoms with van der Waals surface area (Å²) in [5.41, 5.74) is 0. The van der Waals surface area contributed by atoms with E-state index in [2.05, 4.69) is 12.2 Å². The topological polar surface area (TPSA) is 21.3 Å². The van der Waals surface area contributed by atoms with E-state index in [0.717, 1.165) is 25.8 Å². The molecule has 0 aromatic carbocycles. The number of ether oxygens (including phenoxy) is 1. The van der Waals surface area contributed by atoms with Gasteiger partial charge in [0.05, 0.1) is 0 Å². The van der Waals surface area contributed by atoms with Crippen LogP contribution >= 0.6 is 0 Å². The van der Waals surface area contributed by atoms with Crippen LogP contribution in [0.5, 0.6) is 0 Å². The summed E-state index contributed by atoms with van der Waals surface area (Å²) >= 11 is 0. The van der Waals surface area contributed by atoms with Crippen molar-refractivity contribution >= 4 is 0 Å². The van der Waals surface area contributed by atoms with Gasteiger partial charge in [0, 0.05) is 19.3 Å². The minimum absolute atomic E-state index is 0.720. The molecule has 66 valence electrons. The first-order valence-electron chi connectivity index (χ1n) is 4.74. The van der Waals surface area contributed by atoms with Gasteiger partial charge in [-0.25, -0.2) is 0 Å². The van der Waals surface area contributed by atoms with Crippen LogP contribution in [0, 0.1) is 0 Å². The van der Waals surface area contributed by atoms with E-state index in [9.17, 15) is 0 Å². The smallest absolute Gasteiger partial charge is 0.0480 e. The van der Waals surface area contributed by atoms with E-state index < -0.39 is 0 Å². The molecule has 11 heavy (non-hydrogen) atoms. The number of hydrogen-bond donors (Lipinski definition) is 1. The van der Waals surface area contributed by atoms with Gasteiger partial charge < -0.3 is 10.1 Å². The van der Waals surface area contributed by atoms with Crippen LogP contribution in [0.15, 0.2) is 0 Å². The molecule has 2 heteroatoms. The molecule has 1 fully saturated rings. The molecule has 0 aromatic rings. The fourth-order valence-electron chi connectivity index (χ4n) is 1.46. The molecular formula is C9H19NO. The molecule has 0 aromatic heterocycles. The van der Waals surface area contributed by atoms with E-state index in [1.807, 2.05) is 0 Å². The van der Waals surface area contributed by atoms with E-state index in [1.165, 1.54) is 25.7 Å². The zero-order chi connectivity index (χ0) is 7.94. The van der Waals surface area contributed by atoms with Crippen molar-refractivity contribution in [2.75, 3.05) is 19.8 Å². The minimum Gasteiger partial charge on any atom is -0.381 e. The van der Waals surface area contributed by atoms with E-state index in [-0.39, 0.29) is 0 Å². The largest absolute Gasteiger partial charge is 0.381 e. The Balaban J connectivity index is 2.09. The lowest BCUT2D eigenvalue weighted by atomic mass is 10.1. The minimum atomic E-state index is 0.720. The van der Waals surface area contributed by atoms with Crippen LogP contribution in [-0.4, -0.2) is 25.8 Å². The van der Waals surface area contributed by atoms with E-state index in [4.69, 9.17) is 4.74 Å². The molecule has 0 radical (unpaired) electrons. The Morgan fingerprint density at radius 3 is 3.09 bits per heavy atom. The molecular weight excluding hydrogens is 138 g/mol. The van der Waals surface area contributed by atoms with Crippen molar-refractivity contribution in [3.63, 3.8) is 0 Å². The highest BCUT2D eigenvalue weighted by Gasteiger charge is 2.10. The van der Waals surface area contributed by atoms with E-state index in [0.29, 0.717) is 0 Å². The Labute approximate surface area is 69.3 Å². The second kappa shape index (κ2) is 5.56. The van der Waals surface area contributed by atoms with Gasteiger partial charge in [0.15, 0.2) is 0 Å². The fourth-order valence-corrected chi connectivity index (χ4v) is 1.46. The molecule has 1 N–H and O–H groups in total. The molecule has 0 spiro atoms. The molecule has 0 amide bonds. The summed E-state index contributed by atoms with van der Waals surface area (Å²) < 4.78 is 5.36. The van der Waals surface area contributed by atoms with Gasteiger partial charge in [-0.2, -0.15) is 0 Å². The van der Waals surface area contributed by atoms with Crippen LogP contribution in [0.4, 0.5) is 0 Å². The highest BCUT2D eigenvalue weighted by molar-refractivity contribution is 4.68. The number of hydrogen-bond acceptors (Lipinski definition) is 2. The van der Waals surface area contributed by atoms with E-state index in [1.54, 1.807) is 0 Å². The Bertz CT molecular complexity index is 87.6. The second-order valence-electron chi connectivity index (χ2n) is 3.19. The van der Waals surface area contributed by atoms with Crippen molar-refractivity contribution in [3.8, 4) is 0 Å². The summed E-state index contributed by atoms with van der Waals surface area (Å²) in [4.78, 5) is 0. The first-order valence-corrected chi connectivity index (χ1v) is 4.74. The van der Waals surface area contributed by atoms with Gasteiger partial charge in [-0.1, -0.05) is 6.92 Å². The lowest BCUT2D eigenvalue weighted by Gasteiger charge is -2.14. The van der Waals surface area contributed by atoms with E-state index >= 15 is 0 Å². The third-order valence-electron chi connectivity index (χ3n) is 2.13. The van der Waals surface area contributed by atoms with Crippen LogP contribution in [-0.2, 0) is 4.74 Å². The van der Waals surface area contributed by atoms with Gasteiger partial charge in [-0.3, -0.25) is 0 Å². The monoisotopic (exact) mass is 157 g/mol. The van der Waals surface area contributed by atoms with Crippen LogP contribution in [0.3, 0.4) is 0 Å².